The van der Waals surface area contributed by atoms with Crippen LogP contribution in [0.15, 0.2) is 0 Å². The van der Waals surface area contributed by atoms with Gasteiger partial charge in [0.2, 0.25) is 0 Å². The molecule has 50 valence electrons. The summed E-state index contributed by atoms with van der Waals surface area (Å²) in [6, 6.07) is 0. The van der Waals surface area contributed by atoms with Gasteiger partial charge in [-0.15, -0.1) is 0 Å². The highest BCUT2D eigenvalue weighted by molar-refractivity contribution is 4.60. The summed E-state index contributed by atoms with van der Waals surface area (Å²) in [5.74, 6) is 5.43. The van der Waals surface area contributed by atoms with Crippen LogP contribution in [0.3, 0.4) is 0 Å². The van der Waals surface area contributed by atoms with Gasteiger partial charge in [0, 0.05) is 26.2 Å². The molecule has 8 heavy (non-hydrogen) atoms. The number of nitrogens with two attached hydrogens (primary N) is 1. The third kappa shape index (κ3) is 2.23. The van der Waals surface area contributed by atoms with Crippen molar-refractivity contribution in [3.63, 3.8) is 0 Å². The molecule has 1 aliphatic rings. The summed E-state index contributed by atoms with van der Waals surface area (Å²) in [6.45, 7) is 4.05. The highest BCUT2D eigenvalue weighted by Crippen LogP contribution is 1.79. The number of hydrogen-bond acceptors (Lipinski definition) is 3. The van der Waals surface area contributed by atoms with E-state index in [1.54, 1.807) is 0 Å². The van der Waals surface area contributed by atoms with Gasteiger partial charge in [0.15, 0.2) is 0 Å². The van der Waals surface area contributed by atoms with E-state index in [1.807, 2.05) is 5.01 Å². The molecule has 4 heteroatoms. The standard InChI is InChI=1S/C4H11N3.H2O/c5-7-3-1-6-2-4-7;/h6H,1-5H2;1H2. The third-order valence-corrected chi connectivity index (χ3v) is 1.15. The van der Waals surface area contributed by atoms with Crippen LogP contribution in [-0.4, -0.2) is 36.7 Å². The van der Waals surface area contributed by atoms with Crippen molar-refractivity contribution in [2.24, 2.45) is 5.84 Å². The van der Waals surface area contributed by atoms with E-state index in [0.717, 1.165) is 26.2 Å². The number of hydrogen-bond donors (Lipinski definition) is 2. The van der Waals surface area contributed by atoms with Crippen molar-refractivity contribution < 1.29 is 5.48 Å². The van der Waals surface area contributed by atoms with Crippen molar-refractivity contribution in [2.75, 3.05) is 26.2 Å². The van der Waals surface area contributed by atoms with Crippen LogP contribution >= 0.6 is 0 Å². The zero-order valence-corrected chi connectivity index (χ0v) is 4.85. The lowest BCUT2D eigenvalue weighted by Crippen LogP contribution is -2.47. The summed E-state index contributed by atoms with van der Waals surface area (Å²) in [5.41, 5.74) is 0. The lowest BCUT2D eigenvalue weighted by atomic mass is 10.4. The Morgan fingerprint density at radius 2 is 1.75 bits per heavy atom. The van der Waals surface area contributed by atoms with E-state index in [9.17, 15) is 0 Å². The Bertz CT molecular complexity index is 53.2. The second-order valence-electron chi connectivity index (χ2n) is 1.79. The molecule has 1 heterocycles. The maximum absolute atomic E-state index is 5.43. The zero-order valence-electron chi connectivity index (χ0n) is 4.85. The van der Waals surface area contributed by atoms with Crippen LogP contribution < -0.4 is 11.2 Å². The van der Waals surface area contributed by atoms with Crippen LogP contribution in [0.25, 0.3) is 0 Å². The molecule has 0 saturated carbocycles. The van der Waals surface area contributed by atoms with Gasteiger partial charge < -0.3 is 10.8 Å². The van der Waals surface area contributed by atoms with Gasteiger partial charge >= 0.3 is 0 Å². The Morgan fingerprint density at radius 1 is 1.25 bits per heavy atom. The first kappa shape index (κ1) is 7.84. The summed E-state index contributed by atoms with van der Waals surface area (Å²) >= 11 is 0. The van der Waals surface area contributed by atoms with Crippen LogP contribution in [0.4, 0.5) is 0 Å². The average molecular weight is 119 g/mol. The van der Waals surface area contributed by atoms with Gasteiger partial charge in [-0.3, -0.25) is 5.84 Å². The molecule has 1 saturated heterocycles. The number of hydrazine groups is 1. The molecule has 0 atom stereocenters. The summed E-state index contributed by atoms with van der Waals surface area (Å²) in [5, 5.41) is 5.02. The van der Waals surface area contributed by atoms with Gasteiger partial charge in [0.1, 0.15) is 0 Å². The molecule has 5 N–H and O–H groups in total. The smallest absolute Gasteiger partial charge is 0.0254 e. The van der Waals surface area contributed by atoms with Crippen molar-refractivity contribution >= 4 is 0 Å². The van der Waals surface area contributed by atoms with Crippen LogP contribution in [0.1, 0.15) is 0 Å². The maximum atomic E-state index is 5.43. The lowest BCUT2D eigenvalue weighted by Gasteiger charge is -2.21. The average Bonchev–Trinajstić information content (AvgIpc) is 1.69. The molecule has 0 aromatic carbocycles. The second kappa shape index (κ2) is 3.80. The quantitative estimate of drug-likeness (QED) is 0.360. The molecule has 0 amide bonds. The molecular weight excluding hydrogens is 106 g/mol. The normalized spacial score (nSPS) is 22.1. The predicted octanol–water partition coefficient (Wildman–Crippen LogP) is -2.06. The minimum Gasteiger partial charge on any atom is -0.412 e. The van der Waals surface area contributed by atoms with E-state index in [0.29, 0.717) is 0 Å². The molecule has 0 aromatic rings. The summed E-state index contributed by atoms with van der Waals surface area (Å²) in [7, 11) is 0. The van der Waals surface area contributed by atoms with Crippen molar-refractivity contribution in [3.8, 4) is 0 Å². The predicted molar refractivity (Wildman–Crippen MR) is 32.2 cm³/mol. The first-order valence-electron chi connectivity index (χ1n) is 2.60. The summed E-state index contributed by atoms with van der Waals surface area (Å²) in [6.07, 6.45) is 0. The lowest BCUT2D eigenvalue weighted by molar-refractivity contribution is 0.248. The van der Waals surface area contributed by atoms with E-state index >= 15 is 0 Å². The fourth-order valence-corrected chi connectivity index (χ4v) is 0.682. The van der Waals surface area contributed by atoms with E-state index in [1.165, 1.54) is 0 Å². The topological polar surface area (TPSA) is 72.8 Å². The minimum absolute atomic E-state index is 0. The summed E-state index contributed by atoms with van der Waals surface area (Å²) in [4.78, 5) is 0. The number of rotatable bonds is 0. The molecule has 0 aromatic heterocycles. The Labute approximate surface area is 48.9 Å². The first-order chi connectivity index (χ1) is 3.39. The number of nitrogens with one attached hydrogen (secondary N) is 1. The molecule has 0 spiro atoms. The zero-order chi connectivity index (χ0) is 5.11. The van der Waals surface area contributed by atoms with Crippen LogP contribution in [0.2, 0.25) is 0 Å². The number of piperazine rings is 1. The van der Waals surface area contributed by atoms with Gasteiger partial charge in [-0.25, -0.2) is 5.01 Å². The van der Waals surface area contributed by atoms with Gasteiger partial charge in [-0.2, -0.15) is 0 Å². The van der Waals surface area contributed by atoms with E-state index in [4.69, 9.17) is 5.84 Å². The molecular formula is C4H13N3O. The largest absolute Gasteiger partial charge is 0.412 e. The van der Waals surface area contributed by atoms with Crippen molar-refractivity contribution in [3.05, 3.63) is 0 Å². The minimum atomic E-state index is 0. The Balaban J connectivity index is 0.000000490. The first-order valence-corrected chi connectivity index (χ1v) is 2.60. The monoisotopic (exact) mass is 119 g/mol. The molecule has 4 nitrogen and oxygen atoms in total. The Hall–Kier alpha value is -0.160. The Kier molecular flexibility index (Phi) is 3.72. The van der Waals surface area contributed by atoms with Crippen molar-refractivity contribution in [2.45, 2.75) is 0 Å². The molecule has 1 fully saturated rings. The fourth-order valence-electron chi connectivity index (χ4n) is 0.682. The van der Waals surface area contributed by atoms with E-state index in [-0.39, 0.29) is 5.48 Å². The van der Waals surface area contributed by atoms with Crippen LogP contribution in [0, 0.1) is 0 Å². The molecule has 1 aliphatic heterocycles. The van der Waals surface area contributed by atoms with Gasteiger partial charge in [-0.05, 0) is 0 Å². The number of nitrogens with zero attached hydrogens (tertiary/aromatic N) is 1. The maximum Gasteiger partial charge on any atom is 0.0254 e. The molecule has 0 unspecified atom stereocenters. The van der Waals surface area contributed by atoms with E-state index < -0.39 is 0 Å². The second-order valence-corrected chi connectivity index (χ2v) is 1.79. The van der Waals surface area contributed by atoms with Gasteiger partial charge in [-0.1, -0.05) is 0 Å². The Morgan fingerprint density at radius 3 is 2.00 bits per heavy atom. The highest BCUT2D eigenvalue weighted by atomic mass is 16.0. The molecule has 0 bridgehead atoms. The van der Waals surface area contributed by atoms with Crippen molar-refractivity contribution in [1.29, 1.82) is 0 Å². The van der Waals surface area contributed by atoms with Crippen LogP contribution in [0.5, 0.6) is 0 Å². The highest BCUT2D eigenvalue weighted by Gasteiger charge is 2.01. The van der Waals surface area contributed by atoms with Crippen LogP contribution in [-0.2, 0) is 0 Å². The molecule has 0 radical (unpaired) electrons. The van der Waals surface area contributed by atoms with E-state index in [2.05, 4.69) is 5.32 Å². The third-order valence-electron chi connectivity index (χ3n) is 1.15. The SMILES string of the molecule is NN1CCNCC1.O. The molecule has 1 rings (SSSR count). The fraction of sp³-hybridized carbons (Fsp3) is 1.00. The van der Waals surface area contributed by atoms with Crippen molar-refractivity contribution in [1.82, 2.24) is 10.3 Å². The summed E-state index contributed by atoms with van der Waals surface area (Å²) < 4.78 is 0. The molecule has 0 aliphatic carbocycles. The van der Waals surface area contributed by atoms with Gasteiger partial charge in [0.05, 0.1) is 0 Å². The van der Waals surface area contributed by atoms with Gasteiger partial charge in [0.25, 0.3) is 0 Å².